The van der Waals surface area contributed by atoms with E-state index in [1.54, 1.807) is 11.6 Å². The fraction of sp³-hybridized carbons (Fsp3) is 0.667. The molecule has 15 heavy (non-hydrogen) atoms. The van der Waals surface area contributed by atoms with E-state index in [1.807, 2.05) is 13.8 Å². The Bertz CT molecular complexity index is 364. The summed E-state index contributed by atoms with van der Waals surface area (Å²) in [6.07, 6.45) is 2.41. The van der Waals surface area contributed by atoms with Crippen LogP contribution < -0.4 is 0 Å². The first kappa shape index (κ1) is 12.2. The average Bonchev–Trinajstić information content (AvgIpc) is 2.58. The number of rotatable bonds is 4. The smallest absolute Gasteiger partial charge is 0.358 e. The highest BCUT2D eigenvalue weighted by Crippen LogP contribution is 2.31. The van der Waals surface area contributed by atoms with Crippen molar-refractivity contribution in [1.82, 2.24) is 9.55 Å². The maximum Gasteiger partial charge on any atom is 0.385 e. The molecule has 0 spiro atoms. The van der Waals surface area contributed by atoms with E-state index in [4.69, 9.17) is 0 Å². The summed E-state index contributed by atoms with van der Waals surface area (Å²) in [5, 5.41) is 10.8. The fourth-order valence-electron chi connectivity index (χ4n) is 1.62. The van der Waals surface area contributed by atoms with Crippen LogP contribution in [-0.4, -0.2) is 19.3 Å². The molecule has 2 unspecified atom stereocenters. The summed E-state index contributed by atoms with van der Waals surface area (Å²) in [6.45, 7) is 4.01. The van der Waals surface area contributed by atoms with Gasteiger partial charge in [-0.2, -0.15) is 0 Å². The molecule has 1 aromatic heterocycles. The molecule has 0 fully saturated rings. The summed E-state index contributed by atoms with van der Waals surface area (Å²) in [7, 11) is 1.78. The predicted octanol–water partition coefficient (Wildman–Crippen LogP) is 2.61. The molecule has 0 saturated carbocycles. The molecular weight excluding hydrogens is 262 g/mol. The third-order valence-electron chi connectivity index (χ3n) is 2.50. The van der Waals surface area contributed by atoms with Gasteiger partial charge in [0.05, 0.1) is 0 Å². The van der Waals surface area contributed by atoms with Gasteiger partial charge in [-0.1, -0.05) is 29.8 Å². The van der Waals surface area contributed by atoms with Crippen molar-refractivity contribution in [2.24, 2.45) is 7.05 Å². The van der Waals surface area contributed by atoms with Crippen molar-refractivity contribution >= 4 is 21.7 Å². The Balaban J connectivity index is 3.11. The van der Waals surface area contributed by atoms with E-state index in [1.165, 1.54) is 6.33 Å². The van der Waals surface area contributed by atoms with Crippen LogP contribution in [0.3, 0.4) is 0 Å². The number of hydrogen-bond donors (Lipinski definition) is 0. The highest BCUT2D eigenvalue weighted by Gasteiger charge is 2.28. The van der Waals surface area contributed by atoms with Crippen molar-refractivity contribution in [3.05, 3.63) is 22.1 Å². The molecule has 0 bridgehead atoms. The Morgan fingerprint density at radius 2 is 2.33 bits per heavy atom. The molecule has 0 aliphatic carbocycles. The van der Waals surface area contributed by atoms with Gasteiger partial charge in [-0.25, -0.2) is 0 Å². The van der Waals surface area contributed by atoms with E-state index >= 15 is 0 Å². The van der Waals surface area contributed by atoms with Gasteiger partial charge in [-0.3, -0.25) is 0 Å². The molecule has 1 rings (SSSR count). The SMILES string of the molecule is CCC(Br)C(C)c1c([N+](=O)[O-])ncn1C. The van der Waals surface area contributed by atoms with Crippen molar-refractivity contribution in [3.63, 3.8) is 0 Å². The number of hydrogen-bond acceptors (Lipinski definition) is 3. The van der Waals surface area contributed by atoms with Gasteiger partial charge in [0.25, 0.3) is 0 Å². The van der Waals surface area contributed by atoms with Gasteiger partial charge in [0, 0.05) is 17.8 Å². The molecule has 0 saturated heterocycles. The van der Waals surface area contributed by atoms with E-state index in [0.29, 0.717) is 5.69 Å². The number of halogens is 1. The Labute approximate surface area is 96.8 Å². The average molecular weight is 276 g/mol. The quantitative estimate of drug-likeness (QED) is 0.482. The first-order valence-corrected chi connectivity index (χ1v) is 5.70. The van der Waals surface area contributed by atoms with Crippen LogP contribution in [0.5, 0.6) is 0 Å². The van der Waals surface area contributed by atoms with E-state index < -0.39 is 4.92 Å². The lowest BCUT2D eigenvalue weighted by molar-refractivity contribution is -0.390. The number of aryl methyl sites for hydroxylation is 1. The summed E-state index contributed by atoms with van der Waals surface area (Å²) in [5.74, 6) is 0.0331. The Hall–Kier alpha value is -0.910. The summed E-state index contributed by atoms with van der Waals surface area (Å²) in [5.41, 5.74) is 0.670. The highest BCUT2D eigenvalue weighted by molar-refractivity contribution is 9.09. The molecule has 1 aromatic rings. The molecule has 84 valence electrons. The minimum absolute atomic E-state index is 0.0390. The third-order valence-corrected chi connectivity index (χ3v) is 3.94. The monoisotopic (exact) mass is 275 g/mol. The standard InChI is InChI=1S/C9H14BrN3O2/c1-4-7(10)6(2)8-9(13(14)15)11-5-12(8)3/h5-7H,4H2,1-3H3. The van der Waals surface area contributed by atoms with Gasteiger partial charge in [0.2, 0.25) is 6.33 Å². The highest BCUT2D eigenvalue weighted by atomic mass is 79.9. The second-order valence-corrected chi connectivity index (χ2v) is 4.71. The lowest BCUT2D eigenvalue weighted by Crippen LogP contribution is -2.13. The number of nitro groups is 1. The molecule has 2 atom stereocenters. The van der Waals surface area contributed by atoms with E-state index in [9.17, 15) is 10.1 Å². The van der Waals surface area contributed by atoms with E-state index in [-0.39, 0.29) is 16.6 Å². The minimum atomic E-state index is -0.429. The van der Waals surface area contributed by atoms with Crippen molar-refractivity contribution in [2.45, 2.75) is 31.0 Å². The van der Waals surface area contributed by atoms with Crippen LogP contribution in [0, 0.1) is 10.1 Å². The molecular formula is C9H14BrN3O2. The summed E-state index contributed by atoms with van der Waals surface area (Å²) in [4.78, 5) is 14.4. The molecule has 0 aliphatic heterocycles. The molecule has 1 heterocycles. The van der Waals surface area contributed by atoms with Gasteiger partial charge in [-0.05, 0) is 16.3 Å². The molecule has 5 nitrogen and oxygen atoms in total. The second kappa shape index (κ2) is 4.74. The second-order valence-electron chi connectivity index (χ2n) is 3.53. The topological polar surface area (TPSA) is 61.0 Å². The van der Waals surface area contributed by atoms with Gasteiger partial charge < -0.3 is 14.7 Å². The van der Waals surface area contributed by atoms with Crippen molar-refractivity contribution < 1.29 is 4.92 Å². The Morgan fingerprint density at radius 1 is 1.73 bits per heavy atom. The van der Waals surface area contributed by atoms with Gasteiger partial charge >= 0.3 is 5.82 Å². The zero-order valence-electron chi connectivity index (χ0n) is 8.98. The van der Waals surface area contributed by atoms with Gasteiger partial charge in [-0.15, -0.1) is 0 Å². The normalized spacial score (nSPS) is 14.9. The Morgan fingerprint density at radius 3 is 2.80 bits per heavy atom. The molecule has 0 amide bonds. The lowest BCUT2D eigenvalue weighted by atomic mass is 10.0. The minimum Gasteiger partial charge on any atom is -0.358 e. The van der Waals surface area contributed by atoms with Crippen LogP contribution in [0.15, 0.2) is 6.33 Å². The van der Waals surface area contributed by atoms with Crippen LogP contribution in [0.4, 0.5) is 5.82 Å². The zero-order chi connectivity index (χ0) is 11.6. The third kappa shape index (κ3) is 2.37. The fourth-order valence-corrected chi connectivity index (χ4v) is 1.87. The summed E-state index contributed by atoms with van der Waals surface area (Å²) < 4.78 is 1.72. The van der Waals surface area contributed by atoms with Gasteiger partial charge in [0.15, 0.2) is 0 Å². The predicted molar refractivity (Wildman–Crippen MR) is 61.3 cm³/mol. The first-order valence-electron chi connectivity index (χ1n) is 4.78. The van der Waals surface area contributed by atoms with Crippen LogP contribution >= 0.6 is 15.9 Å². The van der Waals surface area contributed by atoms with Crippen molar-refractivity contribution in [1.29, 1.82) is 0 Å². The number of imidazole rings is 1. The zero-order valence-corrected chi connectivity index (χ0v) is 10.6. The van der Waals surface area contributed by atoms with Gasteiger partial charge in [0.1, 0.15) is 5.69 Å². The maximum atomic E-state index is 10.8. The van der Waals surface area contributed by atoms with Crippen molar-refractivity contribution in [3.8, 4) is 0 Å². The lowest BCUT2D eigenvalue weighted by Gasteiger charge is -2.16. The van der Waals surface area contributed by atoms with Crippen LogP contribution in [0.2, 0.25) is 0 Å². The summed E-state index contributed by atoms with van der Waals surface area (Å²) in [6, 6.07) is 0. The molecule has 6 heteroatoms. The largest absolute Gasteiger partial charge is 0.385 e. The molecule has 0 radical (unpaired) electrons. The van der Waals surface area contributed by atoms with Crippen LogP contribution in [0.1, 0.15) is 31.9 Å². The van der Waals surface area contributed by atoms with Crippen molar-refractivity contribution in [2.75, 3.05) is 0 Å². The molecule has 0 N–H and O–H groups in total. The summed E-state index contributed by atoms with van der Waals surface area (Å²) >= 11 is 3.52. The van der Waals surface area contributed by atoms with E-state index in [2.05, 4.69) is 20.9 Å². The first-order chi connectivity index (χ1) is 6.99. The van der Waals surface area contributed by atoms with E-state index in [0.717, 1.165) is 6.42 Å². The maximum absolute atomic E-state index is 10.8. The number of aromatic nitrogens is 2. The number of alkyl halides is 1. The number of nitrogens with zero attached hydrogens (tertiary/aromatic N) is 3. The van der Waals surface area contributed by atoms with Crippen LogP contribution in [0.25, 0.3) is 0 Å². The Kier molecular flexibility index (Phi) is 3.84. The molecule has 0 aromatic carbocycles. The molecule has 0 aliphatic rings. The van der Waals surface area contributed by atoms with Crippen LogP contribution in [-0.2, 0) is 7.05 Å².